The number of nitrogens with one attached hydrogen (secondary N) is 1. The predicted octanol–water partition coefficient (Wildman–Crippen LogP) is 3.64. The average molecular weight is 251 g/mol. The molecule has 4 fully saturated rings. The Labute approximate surface area is 109 Å². The van der Waals surface area contributed by atoms with E-state index in [9.17, 15) is 4.79 Å². The van der Waals surface area contributed by atoms with Gasteiger partial charge in [-0.2, -0.15) is 0 Å². The molecular weight excluding hydrogens is 226 g/mol. The summed E-state index contributed by atoms with van der Waals surface area (Å²) in [5, 5.41) is 11.7. The molecule has 1 amide bonds. The Morgan fingerprint density at radius 3 is 2.00 bits per heavy atom. The van der Waals surface area contributed by atoms with Gasteiger partial charge in [0.15, 0.2) is 0 Å². The summed E-state index contributed by atoms with van der Waals surface area (Å²) in [6, 6.07) is 0. The van der Waals surface area contributed by atoms with E-state index in [1.807, 2.05) is 13.8 Å². The smallest absolute Gasteiger partial charge is 0.405 e. The number of rotatable bonds is 3. The fraction of sp³-hybridized carbons (Fsp3) is 0.933. The molecule has 3 heteroatoms. The summed E-state index contributed by atoms with van der Waals surface area (Å²) in [4.78, 5) is 10.9. The second-order valence-electron chi connectivity index (χ2n) is 7.91. The van der Waals surface area contributed by atoms with Gasteiger partial charge in [0.2, 0.25) is 0 Å². The largest absolute Gasteiger partial charge is 0.465 e. The van der Waals surface area contributed by atoms with Gasteiger partial charge in [-0.15, -0.1) is 0 Å². The lowest BCUT2D eigenvalue weighted by atomic mass is 9.48. The van der Waals surface area contributed by atoms with Crippen molar-refractivity contribution in [3.05, 3.63) is 0 Å². The van der Waals surface area contributed by atoms with E-state index < -0.39 is 6.09 Å². The minimum absolute atomic E-state index is 0.280. The Morgan fingerprint density at radius 2 is 1.61 bits per heavy atom. The summed E-state index contributed by atoms with van der Waals surface area (Å²) < 4.78 is 0. The zero-order valence-electron chi connectivity index (χ0n) is 11.5. The molecule has 4 rings (SSSR count). The SMILES string of the molecule is CC(C)(CC12CC3CC(CC(C3)C1)C2)NC(=O)O. The molecule has 18 heavy (non-hydrogen) atoms. The highest BCUT2D eigenvalue weighted by atomic mass is 16.4. The van der Waals surface area contributed by atoms with Gasteiger partial charge in [0.05, 0.1) is 0 Å². The maximum Gasteiger partial charge on any atom is 0.405 e. The summed E-state index contributed by atoms with van der Waals surface area (Å²) in [5.74, 6) is 2.82. The summed E-state index contributed by atoms with van der Waals surface area (Å²) in [6.45, 7) is 4.08. The van der Waals surface area contributed by atoms with Crippen molar-refractivity contribution in [2.24, 2.45) is 23.2 Å². The molecular formula is C15H25NO2. The van der Waals surface area contributed by atoms with Crippen LogP contribution in [0, 0.1) is 23.2 Å². The molecule has 0 aliphatic heterocycles. The second-order valence-corrected chi connectivity index (χ2v) is 7.91. The highest BCUT2D eigenvalue weighted by Crippen LogP contribution is 2.62. The van der Waals surface area contributed by atoms with Crippen molar-refractivity contribution in [2.75, 3.05) is 0 Å². The fourth-order valence-electron chi connectivity index (χ4n) is 5.78. The van der Waals surface area contributed by atoms with Crippen LogP contribution in [0.15, 0.2) is 0 Å². The molecule has 4 aliphatic carbocycles. The van der Waals surface area contributed by atoms with Gasteiger partial charge in [-0.3, -0.25) is 0 Å². The summed E-state index contributed by atoms with van der Waals surface area (Å²) in [7, 11) is 0. The van der Waals surface area contributed by atoms with Crippen LogP contribution in [0.1, 0.15) is 58.8 Å². The lowest BCUT2D eigenvalue weighted by Crippen LogP contribution is -2.52. The maximum absolute atomic E-state index is 10.9. The van der Waals surface area contributed by atoms with Crippen LogP contribution in [0.2, 0.25) is 0 Å². The first-order valence-electron chi connectivity index (χ1n) is 7.37. The minimum Gasteiger partial charge on any atom is -0.465 e. The van der Waals surface area contributed by atoms with Crippen LogP contribution in [0.25, 0.3) is 0 Å². The summed E-state index contributed by atoms with van der Waals surface area (Å²) in [6.07, 6.45) is 8.54. The van der Waals surface area contributed by atoms with Crippen LogP contribution >= 0.6 is 0 Å². The van der Waals surface area contributed by atoms with E-state index in [-0.39, 0.29) is 5.54 Å². The van der Waals surface area contributed by atoms with E-state index in [4.69, 9.17) is 5.11 Å². The van der Waals surface area contributed by atoms with Gasteiger partial charge in [0, 0.05) is 5.54 Å². The van der Waals surface area contributed by atoms with Gasteiger partial charge in [0.1, 0.15) is 0 Å². The van der Waals surface area contributed by atoms with Crippen LogP contribution in [0.4, 0.5) is 4.79 Å². The predicted molar refractivity (Wildman–Crippen MR) is 70.5 cm³/mol. The molecule has 4 saturated carbocycles. The van der Waals surface area contributed by atoms with Crippen molar-refractivity contribution in [1.82, 2.24) is 5.32 Å². The minimum atomic E-state index is -0.885. The van der Waals surface area contributed by atoms with Crippen LogP contribution in [-0.4, -0.2) is 16.7 Å². The molecule has 0 aromatic heterocycles. The lowest BCUT2D eigenvalue weighted by Gasteiger charge is -2.58. The second kappa shape index (κ2) is 3.88. The number of hydrogen-bond donors (Lipinski definition) is 2. The molecule has 3 nitrogen and oxygen atoms in total. The van der Waals surface area contributed by atoms with Gasteiger partial charge >= 0.3 is 6.09 Å². The van der Waals surface area contributed by atoms with Gasteiger partial charge in [-0.05, 0) is 82.0 Å². The molecule has 0 heterocycles. The lowest BCUT2D eigenvalue weighted by molar-refractivity contribution is -0.0677. The van der Waals surface area contributed by atoms with Crippen molar-refractivity contribution >= 4 is 6.09 Å². The molecule has 4 bridgehead atoms. The third-order valence-corrected chi connectivity index (χ3v) is 5.43. The molecule has 0 unspecified atom stereocenters. The van der Waals surface area contributed by atoms with E-state index in [2.05, 4.69) is 5.32 Å². The first kappa shape index (κ1) is 12.3. The Kier molecular flexibility index (Phi) is 2.65. The van der Waals surface area contributed by atoms with E-state index >= 15 is 0 Å². The highest BCUT2D eigenvalue weighted by Gasteiger charge is 2.52. The van der Waals surface area contributed by atoms with Crippen molar-refractivity contribution in [3.8, 4) is 0 Å². The van der Waals surface area contributed by atoms with Crippen LogP contribution in [0.3, 0.4) is 0 Å². The van der Waals surface area contributed by atoms with Crippen LogP contribution < -0.4 is 5.32 Å². The monoisotopic (exact) mass is 251 g/mol. The molecule has 0 spiro atoms. The van der Waals surface area contributed by atoms with E-state index in [1.54, 1.807) is 0 Å². The first-order chi connectivity index (χ1) is 8.36. The zero-order chi connectivity index (χ0) is 13.0. The van der Waals surface area contributed by atoms with Gasteiger partial charge in [-0.1, -0.05) is 0 Å². The number of hydrogen-bond acceptors (Lipinski definition) is 1. The summed E-state index contributed by atoms with van der Waals surface area (Å²) >= 11 is 0. The number of amides is 1. The fourth-order valence-corrected chi connectivity index (χ4v) is 5.78. The molecule has 0 saturated heterocycles. The van der Waals surface area contributed by atoms with Crippen LogP contribution in [-0.2, 0) is 0 Å². The molecule has 0 aromatic carbocycles. The molecule has 0 aromatic rings. The zero-order valence-corrected chi connectivity index (χ0v) is 11.5. The molecule has 2 N–H and O–H groups in total. The van der Waals surface area contributed by atoms with Crippen molar-refractivity contribution in [2.45, 2.75) is 64.3 Å². The Morgan fingerprint density at radius 1 is 1.17 bits per heavy atom. The van der Waals surface area contributed by atoms with E-state index in [0.29, 0.717) is 5.41 Å². The van der Waals surface area contributed by atoms with Gasteiger partial charge in [0.25, 0.3) is 0 Å². The van der Waals surface area contributed by atoms with Crippen molar-refractivity contribution < 1.29 is 9.90 Å². The molecule has 102 valence electrons. The Balaban J connectivity index is 1.74. The van der Waals surface area contributed by atoms with Crippen LogP contribution in [0.5, 0.6) is 0 Å². The average Bonchev–Trinajstić information content (AvgIpc) is 2.09. The van der Waals surface area contributed by atoms with Crippen molar-refractivity contribution in [1.29, 1.82) is 0 Å². The first-order valence-corrected chi connectivity index (χ1v) is 7.37. The highest BCUT2D eigenvalue weighted by molar-refractivity contribution is 5.65. The standard InChI is InChI=1S/C15H25NO2/c1-14(2,16-13(17)18)9-15-6-10-3-11(7-15)5-12(4-10)8-15/h10-12,16H,3-9H2,1-2H3,(H,17,18). The summed E-state index contributed by atoms with van der Waals surface area (Å²) in [5.41, 5.74) is 0.165. The van der Waals surface area contributed by atoms with E-state index in [1.165, 1.54) is 38.5 Å². The Hall–Kier alpha value is -0.730. The Bertz CT molecular complexity index is 326. The quantitative estimate of drug-likeness (QED) is 0.804. The maximum atomic E-state index is 10.9. The normalized spacial score (nSPS) is 42.0. The van der Waals surface area contributed by atoms with Gasteiger partial charge in [-0.25, -0.2) is 4.79 Å². The number of carbonyl (C=O) groups is 1. The third kappa shape index (κ3) is 2.24. The third-order valence-electron chi connectivity index (χ3n) is 5.43. The van der Waals surface area contributed by atoms with Crippen molar-refractivity contribution in [3.63, 3.8) is 0 Å². The molecule has 0 radical (unpaired) electrons. The van der Waals surface area contributed by atoms with Gasteiger partial charge < -0.3 is 10.4 Å². The molecule has 0 atom stereocenters. The molecule has 4 aliphatic rings. The van der Waals surface area contributed by atoms with E-state index in [0.717, 1.165) is 24.2 Å². The number of carboxylic acid groups (broad SMARTS) is 1. The topological polar surface area (TPSA) is 49.3 Å².